The van der Waals surface area contributed by atoms with Gasteiger partial charge >= 0.3 is 5.97 Å². The van der Waals surface area contributed by atoms with Crippen molar-refractivity contribution in [1.29, 1.82) is 0 Å². The van der Waals surface area contributed by atoms with Crippen molar-refractivity contribution in [3.05, 3.63) is 35.9 Å². The fraction of sp³-hybridized carbons (Fsp3) is 0.720. The van der Waals surface area contributed by atoms with Crippen molar-refractivity contribution >= 4 is 29.2 Å². The lowest BCUT2D eigenvalue weighted by molar-refractivity contribution is -0.148. The number of hydrogen-bond donors (Lipinski definition) is 1. The minimum Gasteiger partial charge on any atom is -0.459 e. The highest BCUT2D eigenvalue weighted by Gasteiger charge is 2.42. The van der Waals surface area contributed by atoms with E-state index in [0.717, 1.165) is 24.8 Å². The predicted octanol–water partition coefficient (Wildman–Crippen LogP) is 7.75. The Labute approximate surface area is 193 Å². The topological polar surface area (TPSA) is 46.5 Å². The van der Waals surface area contributed by atoms with E-state index in [-0.39, 0.29) is 6.61 Å². The molecule has 172 valence electrons. The Kier molecular flexibility index (Phi) is 15.3. The van der Waals surface area contributed by atoms with Crippen molar-refractivity contribution in [2.75, 3.05) is 0 Å². The molecule has 1 atom stereocenters. The van der Waals surface area contributed by atoms with E-state index in [1.807, 2.05) is 30.3 Å². The van der Waals surface area contributed by atoms with Crippen molar-refractivity contribution in [3.63, 3.8) is 0 Å². The minimum atomic E-state index is -1.92. The van der Waals surface area contributed by atoms with Gasteiger partial charge in [-0.2, -0.15) is 0 Å². The van der Waals surface area contributed by atoms with E-state index >= 15 is 0 Å². The monoisotopic (exact) mass is 458 g/mol. The van der Waals surface area contributed by atoms with Gasteiger partial charge in [0.05, 0.1) is 6.10 Å². The lowest BCUT2D eigenvalue weighted by Crippen LogP contribution is -2.40. The van der Waals surface area contributed by atoms with Gasteiger partial charge in [0, 0.05) is 0 Å². The summed E-state index contributed by atoms with van der Waals surface area (Å²) in [5, 5.41) is 10.3. The Morgan fingerprint density at radius 3 is 1.83 bits per heavy atom. The number of rotatable bonds is 18. The molecule has 1 aromatic rings. The van der Waals surface area contributed by atoms with Gasteiger partial charge in [0.15, 0.2) is 0 Å². The summed E-state index contributed by atoms with van der Waals surface area (Å²) in [6, 6.07) is 9.31. The maximum atomic E-state index is 12.2. The summed E-state index contributed by atoms with van der Waals surface area (Å²) in [7, 11) is 0. The summed E-state index contributed by atoms with van der Waals surface area (Å²) in [6.07, 6.45) is 15.6. The molecule has 0 unspecified atom stereocenters. The van der Waals surface area contributed by atoms with Crippen LogP contribution in [0.1, 0.15) is 102 Å². The molecular weight excluding hydrogens is 419 g/mol. The molecule has 0 heterocycles. The summed E-state index contributed by atoms with van der Waals surface area (Å²) in [5.74, 6) is -0.795. The van der Waals surface area contributed by atoms with Gasteiger partial charge in [-0.05, 0) is 12.0 Å². The molecule has 0 saturated heterocycles. The maximum absolute atomic E-state index is 12.2. The van der Waals surface area contributed by atoms with Gasteiger partial charge in [-0.3, -0.25) is 0 Å². The van der Waals surface area contributed by atoms with Crippen molar-refractivity contribution in [1.82, 2.24) is 0 Å². The summed E-state index contributed by atoms with van der Waals surface area (Å²) in [5.41, 5.74) is 0.848. The largest absolute Gasteiger partial charge is 0.459 e. The molecule has 0 spiro atoms. The molecule has 0 radical (unpaired) electrons. The highest BCUT2D eigenvalue weighted by atomic mass is 35.5. The molecule has 5 heteroatoms. The lowest BCUT2D eigenvalue weighted by Gasteiger charge is -2.23. The quantitative estimate of drug-likeness (QED) is 0.139. The summed E-state index contributed by atoms with van der Waals surface area (Å²) in [4.78, 5) is 12.2. The van der Waals surface area contributed by atoms with Crippen molar-refractivity contribution in [2.45, 2.75) is 114 Å². The number of halogens is 2. The fourth-order valence-corrected chi connectivity index (χ4v) is 3.82. The van der Waals surface area contributed by atoms with Crippen LogP contribution in [0, 0.1) is 0 Å². The second-order valence-corrected chi connectivity index (χ2v) is 9.62. The van der Waals surface area contributed by atoms with E-state index in [2.05, 4.69) is 6.92 Å². The van der Waals surface area contributed by atoms with Gasteiger partial charge in [-0.1, -0.05) is 144 Å². The van der Waals surface area contributed by atoms with Crippen LogP contribution in [-0.4, -0.2) is 21.5 Å². The molecule has 0 amide bonds. The number of esters is 1. The van der Waals surface area contributed by atoms with Crippen LogP contribution >= 0.6 is 23.2 Å². The first-order valence-electron chi connectivity index (χ1n) is 11.8. The van der Waals surface area contributed by atoms with E-state index in [1.165, 1.54) is 64.2 Å². The smallest absolute Gasteiger partial charge is 0.345 e. The first kappa shape index (κ1) is 27.3. The first-order valence-corrected chi connectivity index (χ1v) is 12.5. The van der Waals surface area contributed by atoms with Gasteiger partial charge in [0.25, 0.3) is 0 Å². The van der Waals surface area contributed by atoms with Gasteiger partial charge in [0.1, 0.15) is 6.61 Å². The SMILES string of the molecule is CCCCCCCCCCCCCCC[C@@H](O)C(Cl)(Cl)C(=O)OCc1ccccc1. The van der Waals surface area contributed by atoms with E-state index < -0.39 is 16.4 Å². The van der Waals surface area contributed by atoms with Crippen molar-refractivity contribution in [3.8, 4) is 0 Å². The molecule has 0 aliphatic rings. The van der Waals surface area contributed by atoms with Crippen LogP contribution in [0.2, 0.25) is 0 Å². The van der Waals surface area contributed by atoms with Crippen molar-refractivity contribution < 1.29 is 14.6 Å². The van der Waals surface area contributed by atoms with E-state index in [1.54, 1.807) is 0 Å². The van der Waals surface area contributed by atoms with Crippen LogP contribution in [0.15, 0.2) is 30.3 Å². The summed E-state index contributed by atoms with van der Waals surface area (Å²) >= 11 is 12.2. The molecule has 0 aliphatic heterocycles. The highest BCUT2D eigenvalue weighted by molar-refractivity contribution is 6.58. The number of unbranched alkanes of at least 4 members (excludes halogenated alkanes) is 12. The number of ether oxygens (including phenoxy) is 1. The first-order chi connectivity index (χ1) is 14.5. The number of aliphatic hydroxyl groups excluding tert-OH is 1. The third-order valence-electron chi connectivity index (χ3n) is 5.48. The number of hydrogen-bond acceptors (Lipinski definition) is 3. The van der Waals surface area contributed by atoms with Gasteiger partial charge < -0.3 is 9.84 Å². The third-order valence-corrected chi connectivity index (χ3v) is 6.30. The summed E-state index contributed by atoms with van der Waals surface area (Å²) < 4.78 is 3.25. The van der Waals surface area contributed by atoms with Gasteiger partial charge in [-0.15, -0.1) is 0 Å². The molecule has 1 rings (SSSR count). The Bertz CT molecular complexity index is 549. The number of carbonyl (C=O) groups is 1. The minimum absolute atomic E-state index is 0.0896. The Morgan fingerprint density at radius 2 is 1.33 bits per heavy atom. The van der Waals surface area contributed by atoms with Crippen molar-refractivity contribution in [2.24, 2.45) is 0 Å². The van der Waals surface area contributed by atoms with Gasteiger partial charge in [-0.25, -0.2) is 4.79 Å². The molecule has 0 aliphatic carbocycles. The zero-order valence-corrected chi connectivity index (χ0v) is 20.1. The third kappa shape index (κ3) is 12.2. The molecule has 0 saturated carbocycles. The normalized spacial score (nSPS) is 12.7. The zero-order valence-electron chi connectivity index (χ0n) is 18.6. The van der Waals surface area contributed by atoms with E-state index in [9.17, 15) is 9.90 Å². The molecule has 1 N–H and O–H groups in total. The number of carbonyl (C=O) groups excluding carboxylic acids is 1. The van der Waals surface area contributed by atoms with Crippen LogP contribution in [0.3, 0.4) is 0 Å². The second-order valence-electron chi connectivity index (χ2n) is 8.23. The Hall–Kier alpha value is -0.770. The van der Waals surface area contributed by atoms with Gasteiger partial charge in [0.2, 0.25) is 4.33 Å². The summed E-state index contributed by atoms with van der Waals surface area (Å²) in [6.45, 7) is 2.34. The van der Waals surface area contributed by atoms with E-state index in [0.29, 0.717) is 6.42 Å². The fourth-order valence-electron chi connectivity index (χ4n) is 3.49. The number of alkyl halides is 2. The average Bonchev–Trinajstić information content (AvgIpc) is 2.75. The predicted molar refractivity (Wildman–Crippen MR) is 127 cm³/mol. The van der Waals surface area contributed by atoms with Crippen LogP contribution in [0.25, 0.3) is 0 Å². The number of aliphatic hydroxyl groups is 1. The molecule has 0 bridgehead atoms. The van der Waals surface area contributed by atoms with Crippen LogP contribution in [-0.2, 0) is 16.1 Å². The molecule has 30 heavy (non-hydrogen) atoms. The Morgan fingerprint density at radius 1 is 0.867 bits per heavy atom. The zero-order chi connectivity index (χ0) is 22.1. The molecule has 0 aromatic heterocycles. The molecule has 0 fully saturated rings. The second kappa shape index (κ2) is 16.9. The average molecular weight is 459 g/mol. The Balaban J connectivity index is 2.04. The van der Waals surface area contributed by atoms with E-state index in [4.69, 9.17) is 27.9 Å². The standard InChI is InChI=1S/C25H40Cl2O3/c1-2-3-4-5-6-7-8-9-10-11-12-13-17-20-23(28)25(26,27)24(29)30-21-22-18-15-14-16-19-22/h14-16,18-19,23,28H,2-13,17,20-21H2,1H3/t23-/m1/s1. The van der Waals surface area contributed by atoms with Crippen LogP contribution < -0.4 is 0 Å². The number of benzene rings is 1. The maximum Gasteiger partial charge on any atom is 0.345 e. The molecule has 3 nitrogen and oxygen atoms in total. The molecule has 1 aromatic carbocycles. The van der Waals surface area contributed by atoms with Crippen LogP contribution in [0.5, 0.6) is 0 Å². The molecular formula is C25H40Cl2O3. The van der Waals surface area contributed by atoms with Crippen LogP contribution in [0.4, 0.5) is 0 Å². The highest BCUT2D eigenvalue weighted by Crippen LogP contribution is 2.30. The lowest BCUT2D eigenvalue weighted by atomic mass is 10.0.